The number of rotatable bonds is 2. The molecule has 18 heavy (non-hydrogen) atoms. The van der Waals surface area contributed by atoms with Gasteiger partial charge in [-0.1, -0.05) is 34.1 Å². The van der Waals surface area contributed by atoms with Gasteiger partial charge in [0, 0.05) is 10.7 Å². The van der Waals surface area contributed by atoms with Gasteiger partial charge in [-0.2, -0.15) is 0 Å². The Balaban J connectivity index is 2.10. The summed E-state index contributed by atoms with van der Waals surface area (Å²) in [5, 5.41) is 0. The molecule has 90 valence electrons. The molecule has 0 aliphatic heterocycles. The minimum atomic E-state index is 0.508. The molecule has 3 aromatic rings. The fourth-order valence-electron chi connectivity index (χ4n) is 1.96. The Hall–Kier alpha value is -1.88. The van der Waals surface area contributed by atoms with E-state index in [0.717, 1.165) is 15.5 Å². The molecule has 0 fully saturated rings. The predicted molar refractivity (Wildman–Crippen MR) is 75.2 cm³/mol. The normalized spacial score (nSPS) is 10.9. The highest BCUT2D eigenvalue weighted by Gasteiger charge is 2.09. The molecule has 1 aromatic carbocycles. The molecule has 2 aromatic heterocycles. The first-order valence-corrected chi connectivity index (χ1v) is 6.34. The van der Waals surface area contributed by atoms with Crippen molar-refractivity contribution in [2.45, 2.75) is 6.54 Å². The first kappa shape index (κ1) is 11.2. The Morgan fingerprint density at radius 1 is 1.22 bits per heavy atom. The van der Waals surface area contributed by atoms with E-state index in [4.69, 9.17) is 5.73 Å². The summed E-state index contributed by atoms with van der Waals surface area (Å²) >= 11 is 3.54. The van der Waals surface area contributed by atoms with Crippen molar-refractivity contribution >= 4 is 32.9 Å². The topological polar surface area (TPSA) is 56.7 Å². The van der Waals surface area contributed by atoms with E-state index < -0.39 is 0 Å². The van der Waals surface area contributed by atoms with E-state index in [0.29, 0.717) is 12.5 Å². The SMILES string of the molecule is Nc1nc2cnccc2n1Cc1ccccc1Br. The molecule has 0 bridgehead atoms. The second-order valence-corrected chi connectivity index (χ2v) is 4.87. The maximum Gasteiger partial charge on any atom is 0.201 e. The predicted octanol–water partition coefficient (Wildman–Crippen LogP) is 2.82. The number of benzene rings is 1. The van der Waals surface area contributed by atoms with Crippen LogP contribution >= 0.6 is 15.9 Å². The third kappa shape index (κ3) is 1.86. The molecule has 0 atom stereocenters. The van der Waals surface area contributed by atoms with Crippen LogP contribution in [-0.4, -0.2) is 14.5 Å². The van der Waals surface area contributed by atoms with Gasteiger partial charge in [-0.3, -0.25) is 4.98 Å². The van der Waals surface area contributed by atoms with Gasteiger partial charge >= 0.3 is 0 Å². The van der Waals surface area contributed by atoms with Gasteiger partial charge in [0.25, 0.3) is 0 Å². The van der Waals surface area contributed by atoms with Crippen molar-refractivity contribution in [1.29, 1.82) is 0 Å². The molecule has 0 aliphatic rings. The molecule has 0 unspecified atom stereocenters. The maximum atomic E-state index is 5.96. The van der Waals surface area contributed by atoms with Crippen molar-refractivity contribution in [3.8, 4) is 0 Å². The number of halogens is 1. The monoisotopic (exact) mass is 302 g/mol. The summed E-state index contributed by atoms with van der Waals surface area (Å²) in [6, 6.07) is 10.0. The van der Waals surface area contributed by atoms with Crippen LogP contribution in [0.15, 0.2) is 47.2 Å². The highest BCUT2D eigenvalue weighted by Crippen LogP contribution is 2.22. The first-order valence-electron chi connectivity index (χ1n) is 5.55. The van der Waals surface area contributed by atoms with Gasteiger partial charge in [0.2, 0.25) is 5.95 Å². The summed E-state index contributed by atoms with van der Waals surface area (Å²) in [4.78, 5) is 8.35. The van der Waals surface area contributed by atoms with Crippen LogP contribution < -0.4 is 5.73 Å². The van der Waals surface area contributed by atoms with Crippen molar-refractivity contribution in [1.82, 2.24) is 14.5 Å². The molecule has 4 nitrogen and oxygen atoms in total. The van der Waals surface area contributed by atoms with Crippen LogP contribution in [0.5, 0.6) is 0 Å². The second kappa shape index (κ2) is 4.42. The van der Waals surface area contributed by atoms with Crippen LogP contribution in [0.1, 0.15) is 5.56 Å². The van der Waals surface area contributed by atoms with E-state index in [2.05, 4.69) is 32.0 Å². The zero-order valence-corrected chi connectivity index (χ0v) is 11.1. The van der Waals surface area contributed by atoms with Crippen LogP contribution in [0.2, 0.25) is 0 Å². The average molecular weight is 303 g/mol. The van der Waals surface area contributed by atoms with Crippen LogP contribution in [0.4, 0.5) is 5.95 Å². The Bertz CT molecular complexity index is 705. The summed E-state index contributed by atoms with van der Waals surface area (Å²) in [7, 11) is 0. The summed E-state index contributed by atoms with van der Waals surface area (Å²) in [6.07, 6.45) is 3.47. The fourth-order valence-corrected chi connectivity index (χ4v) is 2.37. The smallest absolute Gasteiger partial charge is 0.201 e. The van der Waals surface area contributed by atoms with E-state index >= 15 is 0 Å². The number of fused-ring (bicyclic) bond motifs is 1. The average Bonchev–Trinajstić information content (AvgIpc) is 2.69. The van der Waals surface area contributed by atoms with Crippen molar-refractivity contribution in [3.63, 3.8) is 0 Å². The molecule has 0 radical (unpaired) electrons. The molecular formula is C13H11BrN4. The zero-order valence-electron chi connectivity index (χ0n) is 9.55. The number of nitrogens with zero attached hydrogens (tertiary/aromatic N) is 3. The van der Waals surface area contributed by atoms with Crippen LogP contribution in [0, 0.1) is 0 Å². The van der Waals surface area contributed by atoms with E-state index in [9.17, 15) is 0 Å². The quantitative estimate of drug-likeness (QED) is 0.792. The van der Waals surface area contributed by atoms with Gasteiger partial charge in [-0.15, -0.1) is 0 Å². The Kier molecular flexibility index (Phi) is 2.76. The van der Waals surface area contributed by atoms with E-state index in [1.807, 2.05) is 28.8 Å². The standard InChI is InChI=1S/C13H11BrN4/c14-10-4-2-1-3-9(10)8-18-12-5-6-16-7-11(12)17-13(18)15/h1-7H,8H2,(H2,15,17). The fraction of sp³-hybridized carbons (Fsp3) is 0.0769. The number of aromatic nitrogens is 3. The third-order valence-electron chi connectivity index (χ3n) is 2.87. The molecule has 0 amide bonds. The van der Waals surface area contributed by atoms with Crippen molar-refractivity contribution in [3.05, 3.63) is 52.8 Å². The summed E-state index contributed by atoms with van der Waals surface area (Å²) < 4.78 is 3.05. The molecule has 0 saturated heterocycles. The van der Waals surface area contributed by atoms with Gasteiger partial charge in [-0.25, -0.2) is 4.98 Å². The van der Waals surface area contributed by atoms with E-state index in [1.54, 1.807) is 12.4 Å². The molecule has 2 heterocycles. The summed E-state index contributed by atoms with van der Waals surface area (Å²) in [5.74, 6) is 0.508. The van der Waals surface area contributed by atoms with Gasteiger partial charge in [0.1, 0.15) is 5.52 Å². The molecule has 0 spiro atoms. The number of anilines is 1. The molecular weight excluding hydrogens is 292 g/mol. The highest BCUT2D eigenvalue weighted by molar-refractivity contribution is 9.10. The van der Waals surface area contributed by atoms with Gasteiger partial charge in [0.15, 0.2) is 0 Å². The lowest BCUT2D eigenvalue weighted by molar-refractivity contribution is 0.834. The number of hydrogen-bond acceptors (Lipinski definition) is 3. The minimum absolute atomic E-state index is 0.508. The van der Waals surface area contributed by atoms with Crippen LogP contribution in [-0.2, 0) is 6.54 Å². The lowest BCUT2D eigenvalue weighted by Gasteiger charge is -2.08. The number of nitrogens with two attached hydrogens (primary N) is 1. The van der Waals surface area contributed by atoms with Crippen LogP contribution in [0.3, 0.4) is 0 Å². The molecule has 0 saturated carbocycles. The maximum absolute atomic E-state index is 5.96. The Morgan fingerprint density at radius 2 is 2.06 bits per heavy atom. The van der Waals surface area contributed by atoms with Crippen molar-refractivity contribution < 1.29 is 0 Å². The summed E-state index contributed by atoms with van der Waals surface area (Å²) in [5.41, 5.74) is 8.95. The summed E-state index contributed by atoms with van der Waals surface area (Å²) in [6.45, 7) is 0.688. The van der Waals surface area contributed by atoms with Crippen LogP contribution in [0.25, 0.3) is 11.0 Å². The lowest BCUT2D eigenvalue weighted by Crippen LogP contribution is -2.04. The minimum Gasteiger partial charge on any atom is -0.369 e. The number of imidazole rings is 1. The van der Waals surface area contributed by atoms with Crippen molar-refractivity contribution in [2.24, 2.45) is 0 Å². The van der Waals surface area contributed by atoms with Gasteiger partial charge in [0.05, 0.1) is 18.3 Å². The zero-order chi connectivity index (χ0) is 12.5. The van der Waals surface area contributed by atoms with E-state index in [1.165, 1.54) is 5.56 Å². The third-order valence-corrected chi connectivity index (χ3v) is 3.64. The Labute approximate surface area is 113 Å². The number of hydrogen-bond donors (Lipinski definition) is 1. The first-order chi connectivity index (χ1) is 8.75. The van der Waals surface area contributed by atoms with E-state index in [-0.39, 0.29) is 0 Å². The molecule has 3 rings (SSSR count). The largest absolute Gasteiger partial charge is 0.369 e. The highest BCUT2D eigenvalue weighted by atomic mass is 79.9. The van der Waals surface area contributed by atoms with Gasteiger partial charge < -0.3 is 10.3 Å². The molecule has 0 aliphatic carbocycles. The van der Waals surface area contributed by atoms with Crippen molar-refractivity contribution in [2.75, 3.05) is 5.73 Å². The second-order valence-electron chi connectivity index (χ2n) is 4.01. The molecule has 2 N–H and O–H groups in total. The Morgan fingerprint density at radius 3 is 2.89 bits per heavy atom. The molecule has 5 heteroatoms. The number of pyridine rings is 1. The number of nitrogen functional groups attached to an aromatic ring is 1. The van der Waals surface area contributed by atoms with Gasteiger partial charge in [-0.05, 0) is 17.7 Å². The lowest BCUT2D eigenvalue weighted by atomic mass is 10.2.